The number of hydrogen-bond donors (Lipinski definition) is 1. The number of aryl methyl sites for hydroxylation is 1. The van der Waals surface area contributed by atoms with Gasteiger partial charge in [0.2, 0.25) is 0 Å². The molecule has 4 rings (SSSR count). The SMILES string of the molecule is Cc1ccccc1C1NC(=O)N(C)C2=C1C(=O)N(c1ccccc1)C2. The van der Waals surface area contributed by atoms with Crippen LogP contribution in [0.15, 0.2) is 65.9 Å². The van der Waals surface area contributed by atoms with Crippen molar-refractivity contribution in [2.75, 3.05) is 18.5 Å². The van der Waals surface area contributed by atoms with E-state index in [9.17, 15) is 9.59 Å². The average molecular weight is 333 g/mol. The Morgan fingerprint density at radius 1 is 1.00 bits per heavy atom. The molecule has 0 bridgehead atoms. The van der Waals surface area contributed by atoms with Gasteiger partial charge in [0.1, 0.15) is 0 Å². The lowest BCUT2D eigenvalue weighted by molar-refractivity contribution is -0.114. The normalized spacial score (nSPS) is 20.0. The van der Waals surface area contributed by atoms with Gasteiger partial charge in [-0.1, -0.05) is 42.5 Å². The summed E-state index contributed by atoms with van der Waals surface area (Å²) in [5.41, 5.74) is 4.27. The zero-order valence-electron chi connectivity index (χ0n) is 14.2. The Labute approximate surface area is 146 Å². The first-order valence-electron chi connectivity index (χ1n) is 8.27. The Morgan fingerprint density at radius 2 is 1.68 bits per heavy atom. The zero-order chi connectivity index (χ0) is 17.6. The Kier molecular flexibility index (Phi) is 3.57. The van der Waals surface area contributed by atoms with Crippen LogP contribution in [0.2, 0.25) is 0 Å². The molecule has 126 valence electrons. The Balaban J connectivity index is 1.80. The second-order valence-corrected chi connectivity index (χ2v) is 6.39. The van der Waals surface area contributed by atoms with Crippen LogP contribution in [0.3, 0.4) is 0 Å². The molecule has 0 saturated heterocycles. The Hall–Kier alpha value is -3.08. The van der Waals surface area contributed by atoms with E-state index in [2.05, 4.69) is 5.32 Å². The number of para-hydroxylation sites is 1. The summed E-state index contributed by atoms with van der Waals surface area (Å²) in [6, 6.07) is 16.8. The van der Waals surface area contributed by atoms with E-state index in [0.29, 0.717) is 12.1 Å². The van der Waals surface area contributed by atoms with Crippen molar-refractivity contribution in [1.29, 1.82) is 0 Å². The standard InChI is InChI=1S/C20H19N3O2/c1-13-8-6-7-11-15(13)18-17-16(22(2)20(25)21-18)12-23(19(17)24)14-9-4-3-5-10-14/h3-11,18H,12H2,1-2H3,(H,21,25). The molecule has 0 radical (unpaired) electrons. The van der Waals surface area contributed by atoms with Crippen LogP contribution in [0, 0.1) is 6.92 Å². The second kappa shape index (κ2) is 5.77. The van der Waals surface area contributed by atoms with Crippen molar-refractivity contribution in [3.8, 4) is 0 Å². The number of carbonyl (C=O) groups excluding carboxylic acids is 2. The van der Waals surface area contributed by atoms with Crippen molar-refractivity contribution in [2.24, 2.45) is 0 Å². The van der Waals surface area contributed by atoms with Crippen molar-refractivity contribution in [3.63, 3.8) is 0 Å². The lowest BCUT2D eigenvalue weighted by Gasteiger charge is -2.31. The summed E-state index contributed by atoms with van der Waals surface area (Å²) in [4.78, 5) is 28.9. The van der Waals surface area contributed by atoms with Crippen molar-refractivity contribution < 1.29 is 9.59 Å². The largest absolute Gasteiger partial charge is 0.326 e. The van der Waals surface area contributed by atoms with Crippen molar-refractivity contribution in [2.45, 2.75) is 13.0 Å². The molecule has 0 aromatic heterocycles. The number of rotatable bonds is 2. The molecule has 2 aromatic rings. The van der Waals surface area contributed by atoms with E-state index in [1.807, 2.05) is 61.5 Å². The summed E-state index contributed by atoms with van der Waals surface area (Å²) in [6.45, 7) is 2.40. The predicted molar refractivity (Wildman–Crippen MR) is 96.0 cm³/mol. The van der Waals surface area contributed by atoms with Gasteiger partial charge in [0, 0.05) is 12.7 Å². The fourth-order valence-corrected chi connectivity index (χ4v) is 3.53. The maximum atomic E-state index is 13.2. The zero-order valence-corrected chi connectivity index (χ0v) is 14.2. The van der Waals surface area contributed by atoms with E-state index >= 15 is 0 Å². The fraction of sp³-hybridized carbons (Fsp3) is 0.200. The van der Waals surface area contributed by atoms with Crippen LogP contribution in [-0.2, 0) is 4.79 Å². The number of anilines is 1. The van der Waals surface area contributed by atoms with Gasteiger partial charge in [-0.25, -0.2) is 4.79 Å². The molecule has 5 nitrogen and oxygen atoms in total. The third-order valence-electron chi connectivity index (χ3n) is 4.93. The molecule has 3 amide bonds. The summed E-state index contributed by atoms with van der Waals surface area (Å²) in [6.07, 6.45) is 0. The number of carbonyl (C=O) groups is 2. The molecule has 0 aliphatic carbocycles. The molecular weight excluding hydrogens is 314 g/mol. The molecule has 0 saturated carbocycles. The maximum Gasteiger partial charge on any atom is 0.322 e. The average Bonchev–Trinajstić information content (AvgIpc) is 2.97. The molecule has 0 spiro atoms. The lowest BCUT2D eigenvalue weighted by atomic mass is 9.92. The van der Waals surface area contributed by atoms with Gasteiger partial charge in [0.05, 0.1) is 23.9 Å². The molecule has 0 fully saturated rings. The lowest BCUT2D eigenvalue weighted by Crippen LogP contribution is -2.45. The van der Waals surface area contributed by atoms with Crippen LogP contribution in [-0.4, -0.2) is 30.4 Å². The van der Waals surface area contributed by atoms with Crippen LogP contribution in [0.25, 0.3) is 0 Å². The van der Waals surface area contributed by atoms with Crippen LogP contribution in [0.1, 0.15) is 17.2 Å². The summed E-state index contributed by atoms with van der Waals surface area (Å²) >= 11 is 0. The van der Waals surface area contributed by atoms with Gasteiger partial charge in [-0.3, -0.25) is 9.69 Å². The van der Waals surface area contributed by atoms with Crippen molar-refractivity contribution in [1.82, 2.24) is 10.2 Å². The monoisotopic (exact) mass is 333 g/mol. The van der Waals surface area contributed by atoms with Crippen LogP contribution in [0.4, 0.5) is 10.5 Å². The first-order chi connectivity index (χ1) is 12.1. The summed E-state index contributed by atoms with van der Waals surface area (Å²) in [5.74, 6) is -0.0543. The highest BCUT2D eigenvalue weighted by Crippen LogP contribution is 2.38. The number of amides is 3. The molecule has 2 aliphatic heterocycles. The van der Waals surface area contributed by atoms with Gasteiger partial charge >= 0.3 is 6.03 Å². The first-order valence-corrected chi connectivity index (χ1v) is 8.27. The molecule has 25 heavy (non-hydrogen) atoms. The van der Waals surface area contributed by atoms with E-state index in [1.54, 1.807) is 16.8 Å². The Bertz CT molecular complexity index is 889. The highest BCUT2D eigenvalue weighted by atomic mass is 16.2. The summed E-state index contributed by atoms with van der Waals surface area (Å²) in [7, 11) is 1.71. The number of nitrogens with zero attached hydrogens (tertiary/aromatic N) is 2. The number of urea groups is 1. The van der Waals surface area contributed by atoms with Crippen molar-refractivity contribution in [3.05, 3.63) is 77.0 Å². The summed E-state index contributed by atoms with van der Waals surface area (Å²) < 4.78 is 0. The highest BCUT2D eigenvalue weighted by molar-refractivity contribution is 6.11. The molecule has 1 unspecified atom stereocenters. The topological polar surface area (TPSA) is 52.7 Å². The summed E-state index contributed by atoms with van der Waals surface area (Å²) in [5, 5.41) is 2.98. The van der Waals surface area contributed by atoms with Gasteiger partial charge in [-0.05, 0) is 30.2 Å². The van der Waals surface area contributed by atoms with Crippen LogP contribution < -0.4 is 10.2 Å². The van der Waals surface area contributed by atoms with E-state index in [4.69, 9.17) is 0 Å². The predicted octanol–water partition coefficient (Wildman–Crippen LogP) is 2.99. The van der Waals surface area contributed by atoms with E-state index in [-0.39, 0.29) is 11.9 Å². The number of nitrogens with one attached hydrogen (secondary N) is 1. The number of benzene rings is 2. The fourth-order valence-electron chi connectivity index (χ4n) is 3.53. The molecule has 2 aliphatic rings. The smallest absolute Gasteiger partial charge is 0.322 e. The quantitative estimate of drug-likeness (QED) is 0.918. The maximum absolute atomic E-state index is 13.2. The Morgan fingerprint density at radius 3 is 2.40 bits per heavy atom. The van der Waals surface area contributed by atoms with E-state index < -0.39 is 6.04 Å². The molecule has 2 aromatic carbocycles. The van der Waals surface area contributed by atoms with Gasteiger partial charge < -0.3 is 10.2 Å². The van der Waals surface area contributed by atoms with Crippen LogP contribution in [0.5, 0.6) is 0 Å². The minimum absolute atomic E-state index is 0.0543. The van der Waals surface area contributed by atoms with E-state index in [1.165, 1.54) is 0 Å². The third-order valence-corrected chi connectivity index (χ3v) is 4.93. The minimum atomic E-state index is -0.416. The molecule has 2 heterocycles. The molecular formula is C20H19N3O2. The van der Waals surface area contributed by atoms with Crippen molar-refractivity contribution >= 4 is 17.6 Å². The number of hydrogen-bond acceptors (Lipinski definition) is 2. The minimum Gasteiger partial charge on any atom is -0.326 e. The third kappa shape index (κ3) is 2.39. The molecule has 1 N–H and O–H groups in total. The van der Waals surface area contributed by atoms with Gasteiger partial charge in [-0.2, -0.15) is 0 Å². The van der Waals surface area contributed by atoms with Gasteiger partial charge in [0.15, 0.2) is 0 Å². The number of likely N-dealkylation sites (N-methyl/N-ethyl adjacent to an activating group) is 1. The molecule has 1 atom stereocenters. The first kappa shape index (κ1) is 15.4. The highest BCUT2D eigenvalue weighted by Gasteiger charge is 2.43. The van der Waals surface area contributed by atoms with Gasteiger partial charge in [-0.15, -0.1) is 0 Å². The van der Waals surface area contributed by atoms with Crippen LogP contribution >= 0.6 is 0 Å². The van der Waals surface area contributed by atoms with Gasteiger partial charge in [0.25, 0.3) is 5.91 Å². The molecule has 5 heteroatoms. The second-order valence-electron chi connectivity index (χ2n) is 6.39. The van der Waals surface area contributed by atoms with E-state index in [0.717, 1.165) is 22.5 Å².